The molecule has 1 N–H and O–H groups in total. The lowest BCUT2D eigenvalue weighted by atomic mass is 9.92. The maximum Gasteiger partial charge on any atom is 0.306 e. The van der Waals surface area contributed by atoms with E-state index in [0.717, 1.165) is 48.6 Å². The minimum absolute atomic E-state index is 0.102. The Bertz CT molecular complexity index is 686. The molecule has 4 nitrogen and oxygen atoms in total. The first-order valence-electron chi connectivity index (χ1n) is 9.16. The van der Waals surface area contributed by atoms with Gasteiger partial charge in [-0.15, -0.1) is 0 Å². The zero-order valence-electron chi connectivity index (χ0n) is 14.5. The first-order valence-corrected chi connectivity index (χ1v) is 9.16. The van der Waals surface area contributed by atoms with Crippen LogP contribution in [0.1, 0.15) is 37.7 Å². The summed E-state index contributed by atoms with van der Waals surface area (Å²) in [6, 6.07) is 14.2. The molecule has 0 aromatic heterocycles. The molecular weight excluding hydrogens is 316 g/mol. The summed E-state index contributed by atoms with van der Waals surface area (Å²) in [5, 5.41) is 11.9. The number of aliphatic carboxylic acids is 1. The number of carbonyl (C=O) groups is 1. The highest BCUT2D eigenvalue weighted by Gasteiger charge is 2.19. The Kier molecular flexibility index (Phi) is 6.42. The van der Waals surface area contributed by atoms with E-state index in [0.29, 0.717) is 19.4 Å². The van der Waals surface area contributed by atoms with Gasteiger partial charge in [0.15, 0.2) is 6.29 Å². The van der Waals surface area contributed by atoms with Gasteiger partial charge >= 0.3 is 5.97 Å². The van der Waals surface area contributed by atoms with Crippen LogP contribution in [-0.2, 0) is 20.7 Å². The molecule has 25 heavy (non-hydrogen) atoms. The number of ether oxygens (including phenoxy) is 2. The second-order valence-corrected chi connectivity index (χ2v) is 6.69. The van der Waals surface area contributed by atoms with E-state index in [2.05, 4.69) is 18.2 Å². The molecule has 1 aliphatic heterocycles. The van der Waals surface area contributed by atoms with Crippen LogP contribution >= 0.6 is 0 Å². The van der Waals surface area contributed by atoms with Crippen molar-refractivity contribution in [3.05, 3.63) is 48.0 Å². The molecule has 2 aromatic rings. The number of fused-ring (bicyclic) bond motifs is 1. The van der Waals surface area contributed by atoms with Crippen LogP contribution in [0.25, 0.3) is 10.8 Å². The molecule has 0 aliphatic carbocycles. The van der Waals surface area contributed by atoms with E-state index in [1.165, 1.54) is 0 Å². The fraction of sp³-hybridized carbons (Fsp3) is 0.476. The monoisotopic (exact) mass is 342 g/mol. The van der Waals surface area contributed by atoms with E-state index in [4.69, 9.17) is 9.47 Å². The van der Waals surface area contributed by atoms with Gasteiger partial charge in [-0.05, 0) is 54.9 Å². The number of rotatable bonds is 8. The molecule has 2 unspecified atom stereocenters. The van der Waals surface area contributed by atoms with Gasteiger partial charge in [-0.25, -0.2) is 0 Å². The van der Waals surface area contributed by atoms with Gasteiger partial charge in [0.25, 0.3) is 0 Å². The zero-order valence-corrected chi connectivity index (χ0v) is 14.5. The first-order chi connectivity index (χ1) is 12.2. The normalized spacial score (nSPS) is 19.0. The Morgan fingerprint density at radius 1 is 1.20 bits per heavy atom. The highest BCUT2D eigenvalue weighted by Crippen LogP contribution is 2.23. The molecule has 2 atom stereocenters. The second-order valence-electron chi connectivity index (χ2n) is 6.69. The van der Waals surface area contributed by atoms with E-state index in [1.807, 2.05) is 24.3 Å². The molecule has 2 aromatic carbocycles. The van der Waals surface area contributed by atoms with Crippen molar-refractivity contribution in [1.82, 2.24) is 0 Å². The Hall–Kier alpha value is -1.91. The predicted molar refractivity (Wildman–Crippen MR) is 97.6 cm³/mol. The fourth-order valence-electron chi connectivity index (χ4n) is 3.44. The van der Waals surface area contributed by atoms with Gasteiger partial charge in [0.1, 0.15) is 0 Å². The molecule has 3 rings (SSSR count). The Morgan fingerprint density at radius 2 is 2.04 bits per heavy atom. The van der Waals surface area contributed by atoms with Gasteiger partial charge in [0, 0.05) is 13.2 Å². The lowest BCUT2D eigenvalue weighted by Gasteiger charge is -2.23. The summed E-state index contributed by atoms with van der Waals surface area (Å²) < 4.78 is 11.3. The Morgan fingerprint density at radius 3 is 2.84 bits per heavy atom. The molecule has 4 heteroatoms. The van der Waals surface area contributed by atoms with E-state index in [1.54, 1.807) is 0 Å². The molecular formula is C21H26O4. The summed E-state index contributed by atoms with van der Waals surface area (Å²) in [6.45, 7) is 1.33. The van der Waals surface area contributed by atoms with Gasteiger partial charge in [-0.1, -0.05) is 42.5 Å². The molecule has 1 fully saturated rings. The average molecular weight is 342 g/mol. The number of carboxylic acids is 1. The zero-order chi connectivity index (χ0) is 17.5. The fourth-order valence-corrected chi connectivity index (χ4v) is 3.44. The first kappa shape index (κ1) is 17.9. The summed E-state index contributed by atoms with van der Waals surface area (Å²) in [4.78, 5) is 11.7. The van der Waals surface area contributed by atoms with Gasteiger partial charge < -0.3 is 14.6 Å². The van der Waals surface area contributed by atoms with Crippen LogP contribution in [0.4, 0.5) is 0 Å². The lowest BCUT2D eigenvalue weighted by molar-refractivity contribution is -0.163. The molecule has 1 heterocycles. The van der Waals surface area contributed by atoms with Crippen LogP contribution in [0.15, 0.2) is 42.5 Å². The molecule has 0 bridgehead atoms. The van der Waals surface area contributed by atoms with Gasteiger partial charge in [-0.3, -0.25) is 4.79 Å². The minimum Gasteiger partial charge on any atom is -0.481 e. The van der Waals surface area contributed by atoms with E-state index in [9.17, 15) is 9.90 Å². The van der Waals surface area contributed by atoms with Crippen molar-refractivity contribution in [2.24, 2.45) is 5.92 Å². The molecule has 1 aliphatic rings. The maximum absolute atomic E-state index is 11.7. The highest BCUT2D eigenvalue weighted by molar-refractivity contribution is 5.86. The van der Waals surface area contributed by atoms with Crippen molar-refractivity contribution in [1.29, 1.82) is 0 Å². The molecule has 0 saturated carbocycles. The second kappa shape index (κ2) is 8.97. The summed E-state index contributed by atoms with van der Waals surface area (Å²) >= 11 is 0. The maximum atomic E-state index is 11.7. The van der Waals surface area contributed by atoms with Crippen LogP contribution < -0.4 is 0 Å². The summed E-state index contributed by atoms with van der Waals surface area (Å²) in [7, 11) is 0. The average Bonchev–Trinajstić information content (AvgIpc) is 2.65. The number of hydrogen-bond donors (Lipinski definition) is 1. The van der Waals surface area contributed by atoms with E-state index in [-0.39, 0.29) is 12.2 Å². The lowest BCUT2D eigenvalue weighted by Crippen LogP contribution is -2.23. The van der Waals surface area contributed by atoms with Crippen molar-refractivity contribution in [3.8, 4) is 0 Å². The number of benzene rings is 2. The van der Waals surface area contributed by atoms with Crippen molar-refractivity contribution in [2.75, 3.05) is 13.2 Å². The SMILES string of the molecule is O=C(O)C(CCCOC1CCCCO1)Cc1cccc2ccccc12. The minimum atomic E-state index is -0.734. The van der Waals surface area contributed by atoms with Gasteiger partial charge in [0.2, 0.25) is 0 Å². The van der Waals surface area contributed by atoms with Gasteiger partial charge in [0.05, 0.1) is 5.92 Å². The third-order valence-corrected chi connectivity index (χ3v) is 4.83. The van der Waals surface area contributed by atoms with Crippen LogP contribution in [0.3, 0.4) is 0 Å². The predicted octanol–water partition coefficient (Wildman–Crippen LogP) is 4.41. The van der Waals surface area contributed by atoms with Crippen LogP contribution in [0.5, 0.6) is 0 Å². The Labute approximate surface area is 148 Å². The van der Waals surface area contributed by atoms with E-state index >= 15 is 0 Å². The smallest absolute Gasteiger partial charge is 0.306 e. The van der Waals surface area contributed by atoms with Crippen molar-refractivity contribution in [2.45, 2.75) is 44.8 Å². The summed E-state index contributed by atoms with van der Waals surface area (Å²) in [5.41, 5.74) is 1.10. The van der Waals surface area contributed by atoms with Crippen molar-refractivity contribution < 1.29 is 19.4 Å². The third-order valence-electron chi connectivity index (χ3n) is 4.83. The quantitative estimate of drug-likeness (QED) is 0.722. The molecule has 0 radical (unpaired) electrons. The van der Waals surface area contributed by atoms with Gasteiger partial charge in [-0.2, -0.15) is 0 Å². The molecule has 1 saturated heterocycles. The van der Waals surface area contributed by atoms with E-state index < -0.39 is 5.97 Å². The Balaban J connectivity index is 1.55. The third kappa shape index (κ3) is 5.03. The number of carboxylic acid groups (broad SMARTS) is 1. The molecule has 0 spiro atoms. The molecule has 0 amide bonds. The summed E-state index contributed by atoms with van der Waals surface area (Å²) in [6.07, 6.45) is 4.99. The van der Waals surface area contributed by atoms with Crippen molar-refractivity contribution >= 4 is 16.7 Å². The topological polar surface area (TPSA) is 55.8 Å². The van der Waals surface area contributed by atoms with Crippen LogP contribution in [0.2, 0.25) is 0 Å². The van der Waals surface area contributed by atoms with Crippen molar-refractivity contribution in [3.63, 3.8) is 0 Å². The standard InChI is InChI=1S/C21H26O4/c22-21(23)18(10-6-14-25-20-12-3-4-13-24-20)15-17-9-5-8-16-7-1-2-11-19(16)17/h1-2,5,7-9,11,18,20H,3-4,6,10,12-15H2,(H,22,23). The number of hydrogen-bond acceptors (Lipinski definition) is 3. The molecule has 134 valence electrons. The van der Waals surface area contributed by atoms with Crippen LogP contribution in [-0.4, -0.2) is 30.6 Å². The largest absolute Gasteiger partial charge is 0.481 e. The summed E-state index contributed by atoms with van der Waals surface area (Å²) in [5.74, 6) is -1.12. The highest BCUT2D eigenvalue weighted by atomic mass is 16.7. The van der Waals surface area contributed by atoms with Crippen LogP contribution in [0, 0.1) is 5.92 Å².